The molecule has 1 N–H and O–H groups in total. The molecule has 0 aliphatic carbocycles. The minimum Gasteiger partial charge on any atom is -0.491 e. The lowest BCUT2D eigenvalue weighted by Crippen LogP contribution is -2.35. The van der Waals surface area contributed by atoms with E-state index in [1.807, 2.05) is 43.0 Å². The van der Waals surface area contributed by atoms with Gasteiger partial charge in [0, 0.05) is 29.9 Å². The van der Waals surface area contributed by atoms with Gasteiger partial charge >= 0.3 is 0 Å². The Labute approximate surface area is 154 Å². The lowest BCUT2D eigenvalue weighted by Gasteiger charge is -2.26. The summed E-state index contributed by atoms with van der Waals surface area (Å²) in [6.45, 7) is 4.68. The average Bonchev–Trinajstić information content (AvgIpc) is 2.63. The number of hydrogen-bond donors (Lipinski definition) is 1. The Morgan fingerprint density at radius 3 is 2.35 bits per heavy atom. The van der Waals surface area contributed by atoms with E-state index >= 15 is 0 Å². The molecule has 5 nitrogen and oxygen atoms in total. The zero-order valence-electron chi connectivity index (χ0n) is 15.2. The first kappa shape index (κ1) is 18.0. The maximum atomic E-state index is 12.4. The van der Waals surface area contributed by atoms with E-state index in [2.05, 4.69) is 5.32 Å². The number of nitrogens with one attached hydrogen (secondary N) is 1. The van der Waals surface area contributed by atoms with Crippen LogP contribution in [0.5, 0.6) is 5.75 Å². The van der Waals surface area contributed by atoms with Crippen molar-refractivity contribution in [3.05, 3.63) is 54.1 Å². The summed E-state index contributed by atoms with van der Waals surface area (Å²) in [5.74, 6) is 0.728. The number of hydrogen-bond acceptors (Lipinski definition) is 3. The van der Waals surface area contributed by atoms with Gasteiger partial charge in [-0.15, -0.1) is 0 Å². The molecule has 0 saturated carbocycles. The van der Waals surface area contributed by atoms with Crippen molar-refractivity contribution in [1.82, 2.24) is 0 Å². The average molecular weight is 352 g/mol. The first-order valence-corrected chi connectivity index (χ1v) is 9.01. The number of carbonyl (C=O) groups is 2. The summed E-state index contributed by atoms with van der Waals surface area (Å²) >= 11 is 0. The van der Waals surface area contributed by atoms with E-state index in [1.165, 1.54) is 0 Å². The number of ether oxygens (including phenoxy) is 1. The maximum Gasteiger partial charge on any atom is 0.255 e. The third-order valence-electron chi connectivity index (χ3n) is 4.25. The van der Waals surface area contributed by atoms with Crippen molar-refractivity contribution in [2.24, 2.45) is 0 Å². The summed E-state index contributed by atoms with van der Waals surface area (Å²) in [4.78, 5) is 26.2. The van der Waals surface area contributed by atoms with Crippen molar-refractivity contribution >= 4 is 23.2 Å². The summed E-state index contributed by atoms with van der Waals surface area (Å²) in [6.07, 6.45) is 2.69. The molecule has 0 radical (unpaired) electrons. The van der Waals surface area contributed by atoms with Crippen molar-refractivity contribution in [2.75, 3.05) is 16.8 Å². The molecule has 26 heavy (non-hydrogen) atoms. The highest BCUT2D eigenvalue weighted by Crippen LogP contribution is 2.23. The minimum absolute atomic E-state index is 0.0972. The molecule has 1 fully saturated rings. The van der Waals surface area contributed by atoms with Gasteiger partial charge in [0.25, 0.3) is 5.91 Å². The Morgan fingerprint density at radius 1 is 1.04 bits per heavy atom. The van der Waals surface area contributed by atoms with Crippen LogP contribution in [0.15, 0.2) is 48.5 Å². The second-order valence-corrected chi connectivity index (χ2v) is 6.69. The standard InChI is InChI=1S/C21H24N2O3/c1-15(2)26-19-12-6-16(7-13-19)21(25)22-17-8-10-18(11-9-17)23-14-4-3-5-20(23)24/h6-13,15H,3-5,14H2,1-2H3,(H,22,25). The molecule has 0 unspecified atom stereocenters. The summed E-state index contributed by atoms with van der Waals surface area (Å²) in [7, 11) is 0. The van der Waals surface area contributed by atoms with Crippen LogP contribution in [0.2, 0.25) is 0 Å². The fraction of sp³-hybridized carbons (Fsp3) is 0.333. The first-order chi connectivity index (χ1) is 12.5. The van der Waals surface area contributed by atoms with Gasteiger partial charge in [0.05, 0.1) is 6.10 Å². The van der Waals surface area contributed by atoms with Crippen LogP contribution in [0.25, 0.3) is 0 Å². The lowest BCUT2D eigenvalue weighted by molar-refractivity contribution is -0.119. The van der Waals surface area contributed by atoms with Crippen LogP contribution >= 0.6 is 0 Å². The molecule has 1 heterocycles. The van der Waals surface area contributed by atoms with Gasteiger partial charge in [-0.1, -0.05) is 0 Å². The number of carbonyl (C=O) groups excluding carboxylic acids is 2. The summed E-state index contributed by atoms with van der Waals surface area (Å²) < 4.78 is 5.58. The molecule has 1 aliphatic heterocycles. The highest BCUT2D eigenvalue weighted by molar-refractivity contribution is 6.04. The fourth-order valence-electron chi connectivity index (χ4n) is 2.96. The Morgan fingerprint density at radius 2 is 1.73 bits per heavy atom. The van der Waals surface area contributed by atoms with Gasteiger partial charge in [0.15, 0.2) is 0 Å². The summed E-state index contributed by atoms with van der Waals surface area (Å²) in [6, 6.07) is 14.5. The van der Waals surface area contributed by atoms with Gasteiger partial charge in [-0.3, -0.25) is 9.59 Å². The van der Waals surface area contributed by atoms with Gasteiger partial charge in [0.2, 0.25) is 5.91 Å². The predicted octanol–water partition coefficient (Wildman–Crippen LogP) is 4.24. The van der Waals surface area contributed by atoms with E-state index in [1.54, 1.807) is 24.3 Å². The Hall–Kier alpha value is -2.82. The van der Waals surface area contributed by atoms with Crippen LogP contribution in [0, 0.1) is 0 Å². The second kappa shape index (κ2) is 8.04. The van der Waals surface area contributed by atoms with E-state index in [-0.39, 0.29) is 17.9 Å². The molecule has 2 aromatic carbocycles. The molecular formula is C21H24N2O3. The monoisotopic (exact) mass is 352 g/mol. The molecule has 0 bridgehead atoms. The third kappa shape index (κ3) is 4.42. The van der Waals surface area contributed by atoms with Gasteiger partial charge in [-0.05, 0) is 75.2 Å². The van der Waals surface area contributed by atoms with E-state index in [0.29, 0.717) is 17.7 Å². The van der Waals surface area contributed by atoms with Gasteiger partial charge in [-0.2, -0.15) is 0 Å². The molecule has 3 rings (SSSR count). The number of rotatable bonds is 5. The normalized spacial score (nSPS) is 14.4. The Balaban J connectivity index is 1.63. The Kier molecular flexibility index (Phi) is 5.56. The molecule has 2 aromatic rings. The third-order valence-corrected chi connectivity index (χ3v) is 4.25. The number of piperidine rings is 1. The summed E-state index contributed by atoms with van der Waals surface area (Å²) in [5, 5.41) is 2.88. The predicted molar refractivity (Wildman–Crippen MR) is 103 cm³/mol. The van der Waals surface area contributed by atoms with Crippen LogP contribution in [0.4, 0.5) is 11.4 Å². The SMILES string of the molecule is CC(C)Oc1ccc(C(=O)Nc2ccc(N3CCCCC3=O)cc2)cc1. The summed E-state index contributed by atoms with van der Waals surface area (Å²) in [5.41, 5.74) is 2.14. The van der Waals surface area contributed by atoms with Crippen molar-refractivity contribution in [1.29, 1.82) is 0 Å². The van der Waals surface area contributed by atoms with E-state index in [4.69, 9.17) is 4.74 Å². The molecule has 2 amide bonds. The number of amides is 2. The van der Waals surface area contributed by atoms with Crippen molar-refractivity contribution < 1.29 is 14.3 Å². The zero-order valence-corrected chi connectivity index (χ0v) is 15.2. The molecule has 5 heteroatoms. The molecule has 0 atom stereocenters. The zero-order chi connectivity index (χ0) is 18.5. The quantitative estimate of drug-likeness (QED) is 0.875. The van der Waals surface area contributed by atoms with Gasteiger partial charge in [0.1, 0.15) is 5.75 Å². The second-order valence-electron chi connectivity index (χ2n) is 6.69. The van der Waals surface area contributed by atoms with Crippen molar-refractivity contribution in [2.45, 2.75) is 39.2 Å². The van der Waals surface area contributed by atoms with Crippen LogP contribution in [0.3, 0.4) is 0 Å². The van der Waals surface area contributed by atoms with Crippen LogP contribution in [0.1, 0.15) is 43.5 Å². The smallest absolute Gasteiger partial charge is 0.255 e. The first-order valence-electron chi connectivity index (χ1n) is 9.01. The van der Waals surface area contributed by atoms with Gasteiger partial charge in [-0.25, -0.2) is 0 Å². The molecule has 1 aliphatic rings. The topological polar surface area (TPSA) is 58.6 Å². The van der Waals surface area contributed by atoms with Crippen LogP contribution in [-0.2, 0) is 4.79 Å². The molecule has 1 saturated heterocycles. The number of anilines is 2. The largest absolute Gasteiger partial charge is 0.491 e. The van der Waals surface area contributed by atoms with Crippen LogP contribution in [-0.4, -0.2) is 24.5 Å². The van der Waals surface area contributed by atoms with Gasteiger partial charge < -0.3 is 15.0 Å². The van der Waals surface area contributed by atoms with Crippen LogP contribution < -0.4 is 15.0 Å². The van der Waals surface area contributed by atoms with E-state index < -0.39 is 0 Å². The number of benzene rings is 2. The maximum absolute atomic E-state index is 12.4. The number of nitrogens with zero attached hydrogens (tertiary/aromatic N) is 1. The van der Waals surface area contributed by atoms with Crippen molar-refractivity contribution in [3.8, 4) is 5.75 Å². The fourth-order valence-corrected chi connectivity index (χ4v) is 2.96. The van der Waals surface area contributed by atoms with Crippen molar-refractivity contribution in [3.63, 3.8) is 0 Å². The molecular weight excluding hydrogens is 328 g/mol. The molecule has 0 spiro atoms. The minimum atomic E-state index is -0.178. The Bertz CT molecular complexity index is 767. The highest BCUT2D eigenvalue weighted by Gasteiger charge is 2.19. The lowest BCUT2D eigenvalue weighted by atomic mass is 10.1. The van der Waals surface area contributed by atoms with E-state index in [0.717, 1.165) is 30.8 Å². The molecule has 0 aromatic heterocycles. The van der Waals surface area contributed by atoms with E-state index in [9.17, 15) is 9.59 Å². The molecule has 136 valence electrons. The highest BCUT2D eigenvalue weighted by atomic mass is 16.5.